The Hall–Kier alpha value is -2.39. The van der Waals surface area contributed by atoms with Crippen LogP contribution < -0.4 is 5.32 Å². The SMILES string of the molecule is COC(=O)/C=C/c1ccc(C2CCC(Cc3ccccc3)N2)cc1. The average molecular weight is 321 g/mol. The van der Waals surface area contributed by atoms with Gasteiger partial charge in [0, 0.05) is 18.2 Å². The predicted octanol–water partition coefficient (Wildman–Crippen LogP) is 3.91. The van der Waals surface area contributed by atoms with Crippen molar-refractivity contribution in [1.82, 2.24) is 5.32 Å². The average Bonchev–Trinajstić information content (AvgIpc) is 3.09. The summed E-state index contributed by atoms with van der Waals surface area (Å²) in [4.78, 5) is 11.1. The maximum atomic E-state index is 11.1. The molecule has 2 aromatic carbocycles. The molecular formula is C21H23NO2. The molecule has 3 nitrogen and oxygen atoms in total. The number of hydrogen-bond donors (Lipinski definition) is 1. The number of hydrogen-bond acceptors (Lipinski definition) is 3. The molecule has 2 aromatic rings. The van der Waals surface area contributed by atoms with Crippen LogP contribution in [0.5, 0.6) is 0 Å². The molecule has 0 radical (unpaired) electrons. The van der Waals surface area contributed by atoms with Gasteiger partial charge in [-0.05, 0) is 42.0 Å². The molecule has 0 saturated carbocycles. The van der Waals surface area contributed by atoms with Crippen LogP contribution in [0.25, 0.3) is 6.08 Å². The molecule has 0 aliphatic carbocycles. The van der Waals surface area contributed by atoms with Crippen LogP contribution in [0.3, 0.4) is 0 Å². The van der Waals surface area contributed by atoms with Crippen molar-refractivity contribution in [3.05, 3.63) is 77.4 Å². The van der Waals surface area contributed by atoms with Gasteiger partial charge in [0.2, 0.25) is 0 Å². The summed E-state index contributed by atoms with van der Waals surface area (Å²) in [6, 6.07) is 20.0. The summed E-state index contributed by atoms with van der Waals surface area (Å²) >= 11 is 0. The minimum Gasteiger partial charge on any atom is -0.466 e. The summed E-state index contributed by atoms with van der Waals surface area (Å²) in [7, 11) is 1.38. The van der Waals surface area contributed by atoms with E-state index in [1.807, 2.05) is 12.1 Å². The van der Waals surface area contributed by atoms with E-state index in [4.69, 9.17) is 0 Å². The molecule has 3 heteroatoms. The van der Waals surface area contributed by atoms with Crippen LogP contribution in [0.1, 0.15) is 35.6 Å². The zero-order valence-corrected chi connectivity index (χ0v) is 13.9. The summed E-state index contributed by atoms with van der Waals surface area (Å²) in [6.07, 6.45) is 6.66. The Kier molecular flexibility index (Phi) is 5.44. The van der Waals surface area contributed by atoms with Gasteiger partial charge >= 0.3 is 5.97 Å². The highest BCUT2D eigenvalue weighted by atomic mass is 16.5. The van der Waals surface area contributed by atoms with Crippen molar-refractivity contribution in [2.75, 3.05) is 7.11 Å². The van der Waals surface area contributed by atoms with E-state index in [2.05, 4.69) is 52.5 Å². The zero-order chi connectivity index (χ0) is 16.8. The van der Waals surface area contributed by atoms with Crippen LogP contribution in [0, 0.1) is 0 Å². The summed E-state index contributed by atoms with van der Waals surface area (Å²) in [5, 5.41) is 3.74. The molecule has 1 N–H and O–H groups in total. The zero-order valence-electron chi connectivity index (χ0n) is 13.9. The molecule has 3 rings (SSSR count). The predicted molar refractivity (Wildman–Crippen MR) is 96.5 cm³/mol. The Morgan fingerprint density at radius 3 is 2.58 bits per heavy atom. The van der Waals surface area contributed by atoms with Crippen LogP contribution in [-0.4, -0.2) is 19.1 Å². The van der Waals surface area contributed by atoms with Gasteiger partial charge in [-0.1, -0.05) is 54.6 Å². The van der Waals surface area contributed by atoms with Gasteiger partial charge in [0.1, 0.15) is 0 Å². The lowest BCUT2D eigenvalue weighted by Gasteiger charge is -2.15. The van der Waals surface area contributed by atoms with E-state index >= 15 is 0 Å². The number of esters is 1. The number of nitrogens with one attached hydrogen (secondary N) is 1. The fourth-order valence-corrected chi connectivity index (χ4v) is 3.21. The number of methoxy groups -OCH3 is 1. The van der Waals surface area contributed by atoms with Crippen molar-refractivity contribution in [2.45, 2.75) is 31.3 Å². The fourth-order valence-electron chi connectivity index (χ4n) is 3.21. The van der Waals surface area contributed by atoms with Crippen molar-refractivity contribution in [3.63, 3.8) is 0 Å². The van der Waals surface area contributed by atoms with Gasteiger partial charge in [0.15, 0.2) is 0 Å². The molecule has 0 amide bonds. The normalized spacial score (nSPS) is 20.4. The minimum atomic E-state index is -0.333. The number of carbonyl (C=O) groups excluding carboxylic acids is 1. The van der Waals surface area contributed by atoms with Gasteiger partial charge in [-0.3, -0.25) is 0 Å². The third-order valence-electron chi connectivity index (χ3n) is 4.52. The highest BCUT2D eigenvalue weighted by Crippen LogP contribution is 2.28. The lowest BCUT2D eigenvalue weighted by atomic mass is 10.0. The van der Waals surface area contributed by atoms with E-state index in [9.17, 15) is 4.79 Å². The van der Waals surface area contributed by atoms with Crippen LogP contribution in [0.15, 0.2) is 60.7 Å². The maximum absolute atomic E-state index is 11.1. The van der Waals surface area contributed by atoms with Gasteiger partial charge in [-0.2, -0.15) is 0 Å². The van der Waals surface area contributed by atoms with Gasteiger partial charge in [-0.15, -0.1) is 0 Å². The van der Waals surface area contributed by atoms with E-state index in [1.54, 1.807) is 6.08 Å². The molecular weight excluding hydrogens is 298 g/mol. The molecule has 1 saturated heterocycles. The second-order valence-corrected chi connectivity index (χ2v) is 6.21. The van der Waals surface area contributed by atoms with Crippen molar-refractivity contribution in [2.24, 2.45) is 0 Å². The van der Waals surface area contributed by atoms with Crippen LogP contribution >= 0.6 is 0 Å². The maximum Gasteiger partial charge on any atom is 0.330 e. The third-order valence-corrected chi connectivity index (χ3v) is 4.52. The van der Waals surface area contributed by atoms with E-state index in [-0.39, 0.29) is 5.97 Å². The molecule has 2 atom stereocenters. The Bertz CT molecular complexity index is 692. The summed E-state index contributed by atoms with van der Waals surface area (Å²) < 4.78 is 4.60. The van der Waals surface area contributed by atoms with Crippen molar-refractivity contribution in [3.8, 4) is 0 Å². The molecule has 124 valence electrons. The van der Waals surface area contributed by atoms with Crippen molar-refractivity contribution < 1.29 is 9.53 Å². The Morgan fingerprint density at radius 2 is 1.88 bits per heavy atom. The van der Waals surface area contributed by atoms with Gasteiger partial charge in [-0.25, -0.2) is 4.79 Å². The van der Waals surface area contributed by atoms with Gasteiger partial charge in [0.25, 0.3) is 0 Å². The van der Waals surface area contributed by atoms with E-state index in [1.165, 1.54) is 30.7 Å². The van der Waals surface area contributed by atoms with Gasteiger partial charge < -0.3 is 10.1 Å². The lowest BCUT2D eigenvalue weighted by molar-refractivity contribution is -0.134. The smallest absolute Gasteiger partial charge is 0.330 e. The number of rotatable bonds is 5. The first-order valence-electron chi connectivity index (χ1n) is 8.40. The first-order chi connectivity index (χ1) is 11.7. The Labute approximate surface area is 143 Å². The van der Waals surface area contributed by atoms with Gasteiger partial charge in [0.05, 0.1) is 7.11 Å². The number of ether oxygens (including phenoxy) is 1. The quantitative estimate of drug-likeness (QED) is 0.670. The second kappa shape index (κ2) is 7.93. The lowest BCUT2D eigenvalue weighted by Crippen LogP contribution is -2.26. The van der Waals surface area contributed by atoms with E-state index in [0.29, 0.717) is 12.1 Å². The molecule has 1 aliphatic rings. The highest BCUT2D eigenvalue weighted by molar-refractivity contribution is 5.86. The molecule has 1 heterocycles. The number of benzene rings is 2. The molecule has 1 aliphatic heterocycles. The highest BCUT2D eigenvalue weighted by Gasteiger charge is 2.24. The summed E-state index contributed by atoms with van der Waals surface area (Å²) in [6.45, 7) is 0. The number of carbonyl (C=O) groups is 1. The first-order valence-corrected chi connectivity index (χ1v) is 8.40. The molecule has 2 unspecified atom stereocenters. The van der Waals surface area contributed by atoms with Crippen LogP contribution in [0.4, 0.5) is 0 Å². The van der Waals surface area contributed by atoms with E-state index < -0.39 is 0 Å². The molecule has 24 heavy (non-hydrogen) atoms. The minimum absolute atomic E-state index is 0.333. The van der Waals surface area contributed by atoms with Crippen molar-refractivity contribution >= 4 is 12.0 Å². The Balaban J connectivity index is 1.57. The van der Waals surface area contributed by atoms with Crippen LogP contribution in [-0.2, 0) is 16.0 Å². The second-order valence-electron chi connectivity index (χ2n) is 6.21. The van der Waals surface area contributed by atoms with Crippen LogP contribution in [0.2, 0.25) is 0 Å². The van der Waals surface area contributed by atoms with Crippen molar-refractivity contribution in [1.29, 1.82) is 0 Å². The molecule has 0 aromatic heterocycles. The largest absolute Gasteiger partial charge is 0.466 e. The van der Waals surface area contributed by atoms with E-state index in [0.717, 1.165) is 18.4 Å². The topological polar surface area (TPSA) is 38.3 Å². The first kappa shape index (κ1) is 16.5. The molecule has 1 fully saturated rings. The third kappa shape index (κ3) is 4.33. The fraction of sp³-hybridized carbons (Fsp3) is 0.286. The standard InChI is InChI=1S/C21H23NO2/c1-24-21(23)14-9-16-7-10-18(11-8-16)20-13-12-19(22-20)15-17-5-3-2-4-6-17/h2-11,14,19-20,22H,12-13,15H2,1H3/b14-9+. The summed E-state index contributed by atoms with van der Waals surface area (Å²) in [5.74, 6) is -0.333. The molecule has 0 spiro atoms. The summed E-state index contributed by atoms with van der Waals surface area (Å²) in [5.41, 5.74) is 3.70. The monoisotopic (exact) mass is 321 g/mol. The molecule has 0 bridgehead atoms. The Morgan fingerprint density at radius 1 is 1.12 bits per heavy atom.